The molecule has 2 unspecified atom stereocenters. The largest absolute Gasteiger partial charge is 0.371 e. The highest BCUT2D eigenvalue weighted by Gasteiger charge is 2.26. The maximum atomic E-state index is 6.45. The lowest BCUT2D eigenvalue weighted by atomic mass is 9.88. The van der Waals surface area contributed by atoms with E-state index >= 15 is 0 Å². The molecule has 0 radical (unpaired) electrons. The van der Waals surface area contributed by atoms with Crippen LogP contribution in [0.3, 0.4) is 0 Å². The molecule has 2 atom stereocenters. The van der Waals surface area contributed by atoms with Crippen molar-refractivity contribution in [3.8, 4) is 0 Å². The Morgan fingerprint density at radius 1 is 1.20 bits per heavy atom. The van der Waals surface area contributed by atoms with E-state index in [0.29, 0.717) is 0 Å². The fourth-order valence-electron chi connectivity index (χ4n) is 3.03. The summed E-state index contributed by atoms with van der Waals surface area (Å²) in [5, 5.41) is 4.51. The fraction of sp³-hybridized carbons (Fsp3) is 0.647. The van der Waals surface area contributed by atoms with Gasteiger partial charge in [-0.3, -0.25) is 0 Å². The number of nitrogens with one attached hydrogen (secondary N) is 1. The average molecular weight is 293 g/mol. The first kappa shape index (κ1) is 14.2. The summed E-state index contributed by atoms with van der Waals surface area (Å²) < 4.78 is 0. The van der Waals surface area contributed by atoms with Crippen LogP contribution >= 0.6 is 11.6 Å². The fourth-order valence-corrected chi connectivity index (χ4v) is 3.27. The van der Waals surface area contributed by atoms with Crippen LogP contribution in [0, 0.1) is 11.8 Å². The highest BCUT2D eigenvalue weighted by molar-refractivity contribution is 6.31. The summed E-state index contributed by atoms with van der Waals surface area (Å²) >= 11 is 6.45. The molecular formula is C17H25ClN2. The van der Waals surface area contributed by atoms with Gasteiger partial charge >= 0.3 is 0 Å². The molecular weight excluding hydrogens is 268 g/mol. The smallest absolute Gasteiger partial charge is 0.0471 e. The van der Waals surface area contributed by atoms with E-state index in [-0.39, 0.29) is 0 Å². The van der Waals surface area contributed by atoms with Crippen molar-refractivity contribution in [2.75, 3.05) is 18.0 Å². The van der Waals surface area contributed by atoms with Crippen LogP contribution in [0.4, 0.5) is 5.69 Å². The lowest BCUT2D eigenvalue weighted by molar-refractivity contribution is 0.323. The predicted molar refractivity (Wildman–Crippen MR) is 86.5 cm³/mol. The van der Waals surface area contributed by atoms with E-state index in [9.17, 15) is 0 Å². The summed E-state index contributed by atoms with van der Waals surface area (Å²) in [7, 11) is 0. The molecule has 1 saturated heterocycles. The average Bonchev–Trinajstić information content (AvgIpc) is 3.24. The first-order valence-electron chi connectivity index (χ1n) is 7.91. The van der Waals surface area contributed by atoms with E-state index in [0.717, 1.165) is 42.5 Å². The molecule has 2 nitrogen and oxygen atoms in total. The topological polar surface area (TPSA) is 15.3 Å². The Hall–Kier alpha value is -0.730. The molecule has 1 aromatic rings. The van der Waals surface area contributed by atoms with Gasteiger partial charge in [-0.25, -0.2) is 0 Å². The van der Waals surface area contributed by atoms with Crippen molar-refractivity contribution >= 4 is 17.3 Å². The summed E-state index contributed by atoms with van der Waals surface area (Å²) in [6.45, 7) is 7.94. The van der Waals surface area contributed by atoms with Gasteiger partial charge in [0, 0.05) is 41.9 Å². The Bertz CT molecular complexity index is 470. The van der Waals surface area contributed by atoms with Gasteiger partial charge < -0.3 is 10.2 Å². The summed E-state index contributed by atoms with van der Waals surface area (Å²) in [6.07, 6.45) is 3.92. The zero-order valence-electron chi connectivity index (χ0n) is 12.5. The van der Waals surface area contributed by atoms with Gasteiger partial charge in [0.05, 0.1) is 0 Å². The second-order valence-electron chi connectivity index (χ2n) is 6.58. The van der Waals surface area contributed by atoms with E-state index in [1.54, 1.807) is 0 Å². The third-order valence-corrected chi connectivity index (χ3v) is 5.27. The molecule has 2 aliphatic rings. The van der Waals surface area contributed by atoms with Gasteiger partial charge in [0.15, 0.2) is 0 Å². The van der Waals surface area contributed by atoms with E-state index in [2.05, 4.69) is 36.2 Å². The number of halogens is 1. The van der Waals surface area contributed by atoms with Gasteiger partial charge in [-0.1, -0.05) is 31.5 Å². The van der Waals surface area contributed by atoms with Crippen LogP contribution in [-0.2, 0) is 6.54 Å². The number of piperidine rings is 1. The predicted octanol–water partition coefficient (Wildman–Crippen LogP) is 4.07. The molecule has 1 aliphatic heterocycles. The van der Waals surface area contributed by atoms with Crippen molar-refractivity contribution in [2.24, 2.45) is 11.8 Å². The molecule has 2 fully saturated rings. The Morgan fingerprint density at radius 3 is 2.70 bits per heavy atom. The third-order valence-electron chi connectivity index (χ3n) is 4.91. The quantitative estimate of drug-likeness (QED) is 0.900. The van der Waals surface area contributed by atoms with Crippen molar-refractivity contribution < 1.29 is 0 Å². The van der Waals surface area contributed by atoms with E-state index < -0.39 is 0 Å². The SMILES string of the molecule is CC1CCN(c2cccc(Cl)c2CNC2CC2)CC1C. The molecule has 3 rings (SSSR count). The maximum absolute atomic E-state index is 6.45. The molecule has 0 amide bonds. The Morgan fingerprint density at radius 2 is 2.00 bits per heavy atom. The number of anilines is 1. The van der Waals surface area contributed by atoms with Gasteiger partial charge in [0.2, 0.25) is 0 Å². The number of benzene rings is 1. The van der Waals surface area contributed by atoms with E-state index in [1.807, 2.05) is 6.07 Å². The van der Waals surface area contributed by atoms with Crippen molar-refractivity contribution in [2.45, 2.75) is 45.7 Å². The van der Waals surface area contributed by atoms with Crippen LogP contribution in [0.5, 0.6) is 0 Å². The van der Waals surface area contributed by atoms with Gasteiger partial charge in [-0.2, -0.15) is 0 Å². The lowest BCUT2D eigenvalue weighted by Crippen LogP contribution is -2.39. The Balaban J connectivity index is 1.78. The molecule has 1 heterocycles. The van der Waals surface area contributed by atoms with Gasteiger partial charge in [0.1, 0.15) is 0 Å². The molecule has 0 bridgehead atoms. The summed E-state index contributed by atoms with van der Waals surface area (Å²) in [6, 6.07) is 7.06. The van der Waals surface area contributed by atoms with Gasteiger partial charge in [-0.15, -0.1) is 0 Å². The molecule has 20 heavy (non-hydrogen) atoms. The highest BCUT2D eigenvalue weighted by atomic mass is 35.5. The zero-order chi connectivity index (χ0) is 14.1. The number of nitrogens with zero attached hydrogens (tertiary/aromatic N) is 1. The van der Waals surface area contributed by atoms with Crippen LogP contribution in [-0.4, -0.2) is 19.1 Å². The molecule has 110 valence electrons. The summed E-state index contributed by atoms with van der Waals surface area (Å²) in [4.78, 5) is 2.53. The molecule has 1 aliphatic carbocycles. The monoisotopic (exact) mass is 292 g/mol. The maximum Gasteiger partial charge on any atom is 0.0471 e. The van der Waals surface area contributed by atoms with Crippen LogP contribution in [0.25, 0.3) is 0 Å². The third kappa shape index (κ3) is 3.12. The summed E-state index contributed by atoms with van der Waals surface area (Å²) in [5.74, 6) is 1.59. The normalized spacial score (nSPS) is 26.9. The molecule has 3 heteroatoms. The Labute approximate surface area is 127 Å². The van der Waals surface area contributed by atoms with Crippen molar-refractivity contribution in [3.63, 3.8) is 0 Å². The van der Waals surface area contributed by atoms with Crippen LogP contribution in [0.1, 0.15) is 38.7 Å². The van der Waals surface area contributed by atoms with Crippen LogP contribution in [0.15, 0.2) is 18.2 Å². The number of rotatable bonds is 4. The van der Waals surface area contributed by atoms with Crippen LogP contribution in [0.2, 0.25) is 5.02 Å². The molecule has 1 N–H and O–H groups in total. The number of hydrogen-bond acceptors (Lipinski definition) is 2. The number of hydrogen-bond donors (Lipinski definition) is 1. The molecule has 1 aromatic carbocycles. The van der Waals surface area contributed by atoms with Crippen molar-refractivity contribution in [3.05, 3.63) is 28.8 Å². The second kappa shape index (κ2) is 5.95. The minimum Gasteiger partial charge on any atom is -0.371 e. The van der Waals surface area contributed by atoms with Crippen molar-refractivity contribution in [1.82, 2.24) is 5.32 Å². The van der Waals surface area contributed by atoms with Crippen molar-refractivity contribution in [1.29, 1.82) is 0 Å². The van der Waals surface area contributed by atoms with Crippen LogP contribution < -0.4 is 10.2 Å². The summed E-state index contributed by atoms with van der Waals surface area (Å²) in [5.41, 5.74) is 2.62. The first-order valence-corrected chi connectivity index (χ1v) is 8.28. The van der Waals surface area contributed by atoms with E-state index in [4.69, 9.17) is 11.6 Å². The highest BCUT2D eigenvalue weighted by Crippen LogP contribution is 2.33. The second-order valence-corrected chi connectivity index (χ2v) is 6.99. The van der Waals surface area contributed by atoms with Gasteiger partial charge in [-0.05, 0) is 43.2 Å². The molecule has 0 aromatic heterocycles. The minimum atomic E-state index is 0.722. The standard InChI is InChI=1S/C17H25ClN2/c1-12-8-9-20(11-13(12)2)17-5-3-4-16(18)15(17)10-19-14-6-7-14/h3-5,12-14,19H,6-11H2,1-2H3. The lowest BCUT2D eigenvalue weighted by Gasteiger charge is -2.38. The van der Waals surface area contributed by atoms with Gasteiger partial charge in [0.25, 0.3) is 0 Å². The van der Waals surface area contributed by atoms with E-state index in [1.165, 1.54) is 30.5 Å². The molecule has 1 saturated carbocycles. The zero-order valence-corrected chi connectivity index (χ0v) is 13.3. The molecule has 0 spiro atoms. The first-order chi connectivity index (χ1) is 9.65. The Kier molecular flexibility index (Phi) is 4.23. The minimum absolute atomic E-state index is 0.722.